The molecule has 0 N–H and O–H groups in total. The molecule has 0 aliphatic carbocycles. The fraction of sp³-hybridized carbons (Fsp3) is 0.351. The highest BCUT2D eigenvalue weighted by Crippen LogP contribution is 2.24. The summed E-state index contributed by atoms with van der Waals surface area (Å²) >= 11 is 0. The number of allylic oxidation sites excluding steroid dienone is 8. The minimum absolute atomic E-state index is 0.418. The van der Waals surface area contributed by atoms with E-state index in [2.05, 4.69) is 26.3 Å². The van der Waals surface area contributed by atoms with Crippen LogP contribution in [0, 0.1) is 50.7 Å². The Labute approximate surface area is 287 Å². The predicted octanol–water partition coefficient (Wildman–Crippen LogP) is 5.81. The van der Waals surface area contributed by atoms with Crippen LogP contribution in [0.5, 0.6) is 0 Å². The van der Waals surface area contributed by atoms with Crippen LogP contribution in [0.15, 0.2) is 95.2 Å². The van der Waals surface area contributed by atoms with E-state index in [-0.39, 0.29) is 0 Å². The average molecular weight is 669 g/mol. The van der Waals surface area contributed by atoms with E-state index in [1.165, 1.54) is 24.3 Å². The summed E-state index contributed by atoms with van der Waals surface area (Å²) in [5.41, 5.74) is -1.86. The molecule has 0 aliphatic heterocycles. The van der Waals surface area contributed by atoms with Gasteiger partial charge in [0.25, 0.3) is 0 Å². The molecule has 49 heavy (non-hydrogen) atoms. The highest BCUT2D eigenvalue weighted by molar-refractivity contribution is 5.95. The van der Waals surface area contributed by atoms with E-state index in [4.69, 9.17) is 18.9 Å². The van der Waals surface area contributed by atoms with Gasteiger partial charge in [0.05, 0.1) is 0 Å². The van der Waals surface area contributed by atoms with Crippen LogP contribution in [0.4, 0.5) is 0 Å². The topological polar surface area (TPSA) is 200 Å². The summed E-state index contributed by atoms with van der Waals surface area (Å²) in [6, 6.07) is 6.83. The number of carbonyl (C=O) groups is 4. The molecule has 0 aromatic carbocycles. The van der Waals surface area contributed by atoms with Crippen LogP contribution >= 0.6 is 0 Å². The van der Waals surface area contributed by atoms with Gasteiger partial charge < -0.3 is 18.9 Å². The zero-order chi connectivity index (χ0) is 37.6. The maximum atomic E-state index is 13.0. The Morgan fingerprint density at radius 1 is 0.469 bits per heavy atom. The van der Waals surface area contributed by atoms with Crippen molar-refractivity contribution in [1.82, 2.24) is 0 Å². The van der Waals surface area contributed by atoms with Crippen molar-refractivity contribution in [2.75, 3.05) is 26.4 Å². The van der Waals surface area contributed by atoms with Crippen molar-refractivity contribution in [2.24, 2.45) is 5.41 Å². The number of hydrogen-bond donors (Lipinski definition) is 0. The van der Waals surface area contributed by atoms with Gasteiger partial charge in [0.2, 0.25) is 0 Å². The first-order valence-electron chi connectivity index (χ1n) is 15.1. The molecule has 0 saturated carbocycles. The maximum Gasteiger partial charge on any atom is 0.348 e. The molecule has 0 spiro atoms. The minimum atomic E-state index is -1.90. The first-order valence-corrected chi connectivity index (χ1v) is 15.1. The van der Waals surface area contributed by atoms with E-state index >= 15 is 0 Å². The van der Waals surface area contributed by atoms with Crippen molar-refractivity contribution < 1.29 is 38.1 Å². The number of esters is 4. The van der Waals surface area contributed by atoms with E-state index in [1.807, 2.05) is 0 Å². The van der Waals surface area contributed by atoms with Gasteiger partial charge in [-0.2, -0.15) is 21.0 Å². The van der Waals surface area contributed by atoms with Crippen molar-refractivity contribution in [3.8, 4) is 24.3 Å². The second kappa shape index (κ2) is 22.3. The van der Waals surface area contributed by atoms with Gasteiger partial charge in [-0.25, -0.2) is 19.2 Å². The fourth-order valence-corrected chi connectivity index (χ4v) is 3.21. The summed E-state index contributed by atoms with van der Waals surface area (Å²) in [6.45, 7) is 18.8. The molecular weight excluding hydrogens is 628 g/mol. The zero-order valence-electron chi connectivity index (χ0n) is 28.3. The molecule has 0 rings (SSSR count). The van der Waals surface area contributed by atoms with E-state index in [9.17, 15) is 40.2 Å². The molecule has 256 valence electrons. The van der Waals surface area contributed by atoms with Crippen molar-refractivity contribution in [2.45, 2.75) is 53.4 Å². The number of hydrogen-bond acceptors (Lipinski definition) is 12. The molecule has 0 aliphatic rings. The molecule has 0 atom stereocenters. The Bertz CT molecular complexity index is 1400. The highest BCUT2D eigenvalue weighted by Gasteiger charge is 2.39. The summed E-state index contributed by atoms with van der Waals surface area (Å²) in [5.74, 6) is -4.51. The Morgan fingerprint density at radius 2 is 0.653 bits per heavy atom. The fourth-order valence-electron chi connectivity index (χ4n) is 3.21. The lowest BCUT2D eigenvalue weighted by atomic mass is 9.92. The van der Waals surface area contributed by atoms with Crippen LogP contribution in [0.1, 0.15) is 53.4 Å². The second-order valence-electron chi connectivity index (χ2n) is 10.5. The molecule has 0 fully saturated rings. The van der Waals surface area contributed by atoms with E-state index in [1.54, 1.807) is 52.0 Å². The normalized spacial score (nSPS) is 11.8. The summed E-state index contributed by atoms with van der Waals surface area (Å²) < 4.78 is 21.5. The smallest absolute Gasteiger partial charge is 0.348 e. The molecule has 12 nitrogen and oxygen atoms in total. The Hall–Kier alpha value is -6.24. The first-order chi connectivity index (χ1) is 23.2. The molecule has 0 unspecified atom stereocenters. The summed E-state index contributed by atoms with van der Waals surface area (Å²) in [7, 11) is 0. The second-order valence-corrected chi connectivity index (χ2v) is 10.5. The van der Waals surface area contributed by atoms with Crippen LogP contribution in [0.25, 0.3) is 0 Å². The van der Waals surface area contributed by atoms with Crippen LogP contribution < -0.4 is 0 Å². The van der Waals surface area contributed by atoms with Gasteiger partial charge in [-0.05, 0) is 50.0 Å². The highest BCUT2D eigenvalue weighted by atomic mass is 16.6. The number of rotatable bonds is 20. The van der Waals surface area contributed by atoms with Crippen LogP contribution in [0.3, 0.4) is 0 Å². The van der Waals surface area contributed by atoms with Gasteiger partial charge in [0.15, 0.2) is 0 Å². The number of nitrogens with zero attached hydrogens (tertiary/aromatic N) is 4. The van der Waals surface area contributed by atoms with Gasteiger partial charge in [-0.15, -0.1) is 0 Å². The lowest BCUT2D eigenvalue weighted by Gasteiger charge is -2.31. The number of carbonyl (C=O) groups excluding carboxylic acids is 4. The Balaban J connectivity index is 7.02. The van der Waals surface area contributed by atoms with Crippen LogP contribution in [-0.4, -0.2) is 50.3 Å². The standard InChI is InChI=1S/C37H40N4O8/c1-9-25(5)13-29(17-38)33(42)46-21-37(22-47-34(43)30(18-39)14-26(6)10-2,23-48-35(44)31(19-40)15-27(7)11-3)24-49-36(45)32(20-41)16-28(8)12-4/h13-16H,5-12,21-24H2,1-4H3/b29-13-,30-14-,31-15-,32-16-. The third kappa shape index (κ3) is 15.3. The molecule has 0 radical (unpaired) electrons. The maximum absolute atomic E-state index is 13.0. The molecule has 12 heteroatoms. The monoisotopic (exact) mass is 668 g/mol. The molecule has 0 bridgehead atoms. The van der Waals surface area contributed by atoms with Crippen LogP contribution in [-0.2, 0) is 38.1 Å². The summed E-state index contributed by atoms with van der Waals surface area (Å²) in [4.78, 5) is 51.8. The van der Waals surface area contributed by atoms with Gasteiger partial charge in [0.1, 0.15) is 78.4 Å². The Morgan fingerprint density at radius 3 is 0.796 bits per heavy atom. The first kappa shape index (κ1) is 42.8. The molecule has 0 amide bonds. The quantitative estimate of drug-likeness (QED) is 0.0496. The minimum Gasteiger partial charge on any atom is -0.461 e. The van der Waals surface area contributed by atoms with Crippen molar-refractivity contribution in [3.05, 3.63) is 95.2 Å². The van der Waals surface area contributed by atoms with Gasteiger partial charge in [-0.1, -0.05) is 76.3 Å². The molecule has 0 aromatic rings. The molecule has 0 aromatic heterocycles. The lowest BCUT2D eigenvalue weighted by molar-refractivity contribution is -0.165. The van der Waals surface area contributed by atoms with Crippen LogP contribution in [0.2, 0.25) is 0 Å². The van der Waals surface area contributed by atoms with Crippen molar-refractivity contribution in [1.29, 1.82) is 21.0 Å². The molecule has 0 saturated heterocycles. The molecule has 0 heterocycles. The predicted molar refractivity (Wildman–Crippen MR) is 179 cm³/mol. The SMILES string of the molecule is C=C(/C=C(/C#N)C(=O)OCC(COC(=O)/C(C#N)=C\C(=C)CC)(COC(=O)/C(C#N)=C\C(=C)CC)COC(=O)/C(C#N)=C\C(=C)CC)CC. The van der Waals surface area contributed by atoms with Gasteiger partial charge >= 0.3 is 23.9 Å². The average Bonchev–Trinajstić information content (AvgIpc) is 3.11. The number of nitriles is 4. The summed E-state index contributed by atoms with van der Waals surface area (Å²) in [6.07, 6.45) is 6.52. The third-order valence-electron chi connectivity index (χ3n) is 6.61. The van der Waals surface area contributed by atoms with Gasteiger partial charge in [0, 0.05) is 0 Å². The molecular formula is C37H40N4O8. The number of ether oxygens (including phenoxy) is 4. The lowest BCUT2D eigenvalue weighted by Crippen LogP contribution is -2.44. The Kier molecular flexibility index (Phi) is 19.5. The van der Waals surface area contributed by atoms with Crippen molar-refractivity contribution >= 4 is 23.9 Å². The summed E-state index contributed by atoms with van der Waals surface area (Å²) in [5, 5.41) is 38.2. The van der Waals surface area contributed by atoms with E-state index in [0.29, 0.717) is 48.0 Å². The zero-order valence-corrected chi connectivity index (χ0v) is 28.3. The van der Waals surface area contributed by atoms with Crippen molar-refractivity contribution in [3.63, 3.8) is 0 Å². The largest absolute Gasteiger partial charge is 0.461 e. The van der Waals surface area contributed by atoms with E-state index in [0.717, 1.165) is 0 Å². The third-order valence-corrected chi connectivity index (χ3v) is 6.61. The van der Waals surface area contributed by atoms with E-state index < -0.39 is 78.0 Å². The van der Waals surface area contributed by atoms with Gasteiger partial charge in [-0.3, -0.25) is 0 Å².